The van der Waals surface area contributed by atoms with Crippen molar-refractivity contribution in [3.63, 3.8) is 0 Å². The molecule has 0 spiro atoms. The lowest BCUT2D eigenvalue weighted by atomic mass is 9.99. The summed E-state index contributed by atoms with van der Waals surface area (Å²) in [4.78, 5) is 23.0. The van der Waals surface area contributed by atoms with Crippen molar-refractivity contribution in [2.24, 2.45) is 0 Å². The van der Waals surface area contributed by atoms with Crippen LogP contribution < -0.4 is 24.8 Å². The molecule has 25 heavy (non-hydrogen) atoms. The summed E-state index contributed by atoms with van der Waals surface area (Å²) >= 11 is 0. The van der Waals surface area contributed by atoms with Crippen LogP contribution in [0.15, 0.2) is 12.1 Å². The van der Waals surface area contributed by atoms with Gasteiger partial charge in [-0.15, -0.1) is 0 Å². The molecule has 1 aliphatic rings. The van der Waals surface area contributed by atoms with Gasteiger partial charge in [-0.05, 0) is 27.2 Å². The van der Waals surface area contributed by atoms with Gasteiger partial charge in [0, 0.05) is 24.1 Å². The van der Waals surface area contributed by atoms with Gasteiger partial charge in [-0.1, -0.05) is 0 Å². The second kappa shape index (κ2) is 7.96. The molecule has 0 fully saturated rings. The lowest BCUT2D eigenvalue weighted by Crippen LogP contribution is -2.45. The minimum absolute atomic E-state index is 0.0263. The van der Waals surface area contributed by atoms with Gasteiger partial charge in [0.1, 0.15) is 19.0 Å². The van der Waals surface area contributed by atoms with E-state index < -0.39 is 17.5 Å². The van der Waals surface area contributed by atoms with Gasteiger partial charge in [-0.25, -0.2) is 4.79 Å². The normalized spacial score (nSPS) is 13.1. The van der Waals surface area contributed by atoms with Crippen LogP contribution in [0.4, 0.5) is 10.5 Å². The minimum atomic E-state index is -0.902. The third-order valence-corrected chi connectivity index (χ3v) is 3.61. The fourth-order valence-electron chi connectivity index (χ4n) is 2.39. The second-order valence-electron chi connectivity index (χ2n) is 6.28. The zero-order chi connectivity index (χ0) is 18.4. The van der Waals surface area contributed by atoms with Crippen molar-refractivity contribution in [2.75, 3.05) is 25.1 Å². The van der Waals surface area contributed by atoms with Gasteiger partial charge in [0.15, 0.2) is 11.5 Å². The number of carboxylic acids is 1. The summed E-state index contributed by atoms with van der Waals surface area (Å²) in [7, 11) is 0. The molecule has 0 aromatic heterocycles. The third-order valence-electron chi connectivity index (χ3n) is 3.61. The number of carbonyl (C=O) groups excluding carboxylic acids is 1. The average Bonchev–Trinajstić information content (AvgIpc) is 2.53. The molecule has 2 amide bonds. The van der Waals surface area contributed by atoms with Gasteiger partial charge in [0.2, 0.25) is 0 Å². The zero-order valence-electron chi connectivity index (χ0n) is 14.7. The average molecular weight is 352 g/mol. The molecule has 1 aliphatic heterocycles. The topological polar surface area (TPSA) is 106 Å². The first kappa shape index (κ1) is 18.7. The fourth-order valence-corrected chi connectivity index (χ4v) is 2.39. The van der Waals surface area contributed by atoms with E-state index in [1.165, 1.54) is 0 Å². The van der Waals surface area contributed by atoms with Gasteiger partial charge in [-0.2, -0.15) is 0 Å². The monoisotopic (exact) mass is 352 g/mol. The maximum atomic E-state index is 12.3. The Hall–Kier alpha value is -2.64. The number of rotatable bonds is 7. The third kappa shape index (κ3) is 5.44. The van der Waals surface area contributed by atoms with E-state index in [0.29, 0.717) is 49.2 Å². The first-order chi connectivity index (χ1) is 11.8. The standard InChI is InChI=1S/C17H24N2O6/c1-4-23-12-10-14-13(24-7-8-25-14)9-11(12)18-16(22)19-17(2,3)6-5-15(20)21/h9-10H,4-8H2,1-3H3,(H,20,21)(H2,18,19,22). The van der Waals surface area contributed by atoms with Crippen molar-refractivity contribution in [3.8, 4) is 17.2 Å². The second-order valence-corrected chi connectivity index (χ2v) is 6.28. The van der Waals surface area contributed by atoms with Crippen LogP contribution in [0.2, 0.25) is 0 Å². The van der Waals surface area contributed by atoms with E-state index in [1.54, 1.807) is 26.0 Å². The summed E-state index contributed by atoms with van der Waals surface area (Å²) in [5, 5.41) is 14.3. The Labute approximate surface area is 146 Å². The van der Waals surface area contributed by atoms with Crippen LogP contribution in [0.1, 0.15) is 33.6 Å². The summed E-state index contributed by atoms with van der Waals surface area (Å²) in [5.41, 5.74) is -0.208. The molecule has 1 heterocycles. The molecule has 1 aromatic rings. The van der Waals surface area contributed by atoms with E-state index >= 15 is 0 Å². The summed E-state index contributed by atoms with van der Waals surface area (Å²) in [6.07, 6.45) is 0.288. The minimum Gasteiger partial charge on any atom is -0.492 e. The number of urea groups is 1. The number of carboxylic acid groups (broad SMARTS) is 1. The van der Waals surface area contributed by atoms with Crippen LogP contribution in [-0.2, 0) is 4.79 Å². The van der Waals surface area contributed by atoms with Crippen LogP contribution in [0.3, 0.4) is 0 Å². The summed E-state index contributed by atoms with van der Waals surface area (Å²) < 4.78 is 16.6. The number of aliphatic carboxylic acids is 1. The predicted molar refractivity (Wildman–Crippen MR) is 91.7 cm³/mol. The lowest BCUT2D eigenvalue weighted by Gasteiger charge is -2.26. The molecule has 0 bridgehead atoms. The molecule has 0 saturated heterocycles. The summed E-state index contributed by atoms with van der Waals surface area (Å²) in [6.45, 7) is 6.71. The molecule has 0 unspecified atom stereocenters. The van der Waals surface area contributed by atoms with E-state index in [-0.39, 0.29) is 6.42 Å². The molecule has 138 valence electrons. The van der Waals surface area contributed by atoms with E-state index in [1.807, 2.05) is 6.92 Å². The fraction of sp³-hybridized carbons (Fsp3) is 0.529. The first-order valence-electron chi connectivity index (χ1n) is 8.18. The lowest BCUT2D eigenvalue weighted by molar-refractivity contribution is -0.137. The molecule has 1 aromatic carbocycles. The zero-order valence-corrected chi connectivity index (χ0v) is 14.7. The maximum Gasteiger partial charge on any atom is 0.319 e. The van der Waals surface area contributed by atoms with Crippen LogP contribution in [0, 0.1) is 0 Å². The van der Waals surface area contributed by atoms with Crippen molar-refractivity contribution >= 4 is 17.7 Å². The summed E-state index contributed by atoms with van der Waals surface area (Å²) in [5.74, 6) is 0.684. The number of hydrogen-bond donors (Lipinski definition) is 3. The van der Waals surface area contributed by atoms with Crippen molar-refractivity contribution in [1.29, 1.82) is 0 Å². The number of nitrogens with one attached hydrogen (secondary N) is 2. The largest absolute Gasteiger partial charge is 0.492 e. The van der Waals surface area contributed by atoms with Gasteiger partial charge < -0.3 is 30.0 Å². The SMILES string of the molecule is CCOc1cc2c(cc1NC(=O)NC(C)(C)CCC(=O)O)OCCO2. The number of ether oxygens (including phenoxy) is 3. The summed E-state index contributed by atoms with van der Waals surface area (Å²) in [6, 6.07) is 2.89. The van der Waals surface area contributed by atoms with Gasteiger partial charge >= 0.3 is 12.0 Å². The van der Waals surface area contributed by atoms with Crippen LogP contribution in [0.25, 0.3) is 0 Å². The highest BCUT2D eigenvalue weighted by Gasteiger charge is 2.23. The van der Waals surface area contributed by atoms with E-state index in [4.69, 9.17) is 19.3 Å². The smallest absolute Gasteiger partial charge is 0.319 e. The maximum absolute atomic E-state index is 12.3. The number of amides is 2. The Bertz CT molecular complexity index is 644. The Balaban J connectivity index is 2.09. The van der Waals surface area contributed by atoms with Crippen LogP contribution >= 0.6 is 0 Å². The quantitative estimate of drug-likeness (QED) is 0.696. The molecular weight excluding hydrogens is 328 g/mol. The Morgan fingerprint density at radius 2 is 1.88 bits per heavy atom. The highest BCUT2D eigenvalue weighted by Crippen LogP contribution is 2.39. The molecule has 8 heteroatoms. The first-order valence-corrected chi connectivity index (χ1v) is 8.18. The van der Waals surface area contributed by atoms with Crippen molar-refractivity contribution in [3.05, 3.63) is 12.1 Å². The number of carbonyl (C=O) groups is 2. The molecule has 0 saturated carbocycles. The Morgan fingerprint density at radius 3 is 2.48 bits per heavy atom. The Morgan fingerprint density at radius 1 is 1.24 bits per heavy atom. The van der Waals surface area contributed by atoms with Crippen molar-refractivity contribution < 1.29 is 28.9 Å². The number of anilines is 1. The predicted octanol–water partition coefficient (Wildman–Crippen LogP) is 2.62. The molecule has 0 radical (unpaired) electrons. The highest BCUT2D eigenvalue weighted by molar-refractivity contribution is 5.92. The molecule has 0 aliphatic carbocycles. The van der Waals surface area contributed by atoms with E-state index in [9.17, 15) is 9.59 Å². The number of hydrogen-bond acceptors (Lipinski definition) is 5. The van der Waals surface area contributed by atoms with Gasteiger partial charge in [0.25, 0.3) is 0 Å². The van der Waals surface area contributed by atoms with Gasteiger partial charge in [0.05, 0.1) is 12.3 Å². The number of fused-ring (bicyclic) bond motifs is 1. The molecule has 0 atom stereocenters. The van der Waals surface area contributed by atoms with Crippen LogP contribution in [-0.4, -0.2) is 42.5 Å². The molecular formula is C17H24N2O6. The molecule has 8 nitrogen and oxygen atoms in total. The number of benzene rings is 1. The molecule has 3 N–H and O–H groups in total. The van der Waals surface area contributed by atoms with Crippen LogP contribution in [0.5, 0.6) is 17.2 Å². The van der Waals surface area contributed by atoms with E-state index in [2.05, 4.69) is 10.6 Å². The van der Waals surface area contributed by atoms with E-state index in [0.717, 1.165) is 0 Å². The van der Waals surface area contributed by atoms with Crippen molar-refractivity contribution in [1.82, 2.24) is 5.32 Å². The van der Waals surface area contributed by atoms with Gasteiger partial charge in [-0.3, -0.25) is 4.79 Å². The molecule has 2 rings (SSSR count). The highest BCUT2D eigenvalue weighted by atomic mass is 16.6. The Kier molecular flexibility index (Phi) is 5.95. The van der Waals surface area contributed by atoms with Crippen molar-refractivity contribution in [2.45, 2.75) is 39.2 Å².